The third kappa shape index (κ3) is 4.32. The van der Waals surface area contributed by atoms with E-state index in [-0.39, 0.29) is 17.9 Å². The maximum Gasteiger partial charge on any atom is 0.308 e. The highest BCUT2D eigenvalue weighted by Crippen LogP contribution is 2.26. The van der Waals surface area contributed by atoms with Crippen LogP contribution in [0.1, 0.15) is 38.2 Å². The third-order valence-corrected chi connectivity index (χ3v) is 4.89. The number of benzene rings is 1. The molecule has 3 atom stereocenters. The number of amides is 1. The van der Waals surface area contributed by atoms with Gasteiger partial charge in [0.15, 0.2) is 0 Å². The number of carboxylic acids is 1. The Hall–Kier alpha value is -1.36. The van der Waals surface area contributed by atoms with Gasteiger partial charge in [-0.25, -0.2) is 0 Å². The molecule has 1 saturated carbocycles. The molecule has 0 spiro atoms. The molecule has 1 aromatic rings. The first-order chi connectivity index (χ1) is 10.5. The highest BCUT2D eigenvalue weighted by Gasteiger charge is 2.34. The van der Waals surface area contributed by atoms with Gasteiger partial charge in [-0.2, -0.15) is 0 Å². The molecule has 1 aliphatic rings. The summed E-state index contributed by atoms with van der Waals surface area (Å²) in [6.45, 7) is 1.99. The van der Waals surface area contributed by atoms with Gasteiger partial charge in [0.2, 0.25) is 5.91 Å². The van der Waals surface area contributed by atoms with Crippen molar-refractivity contribution in [1.29, 1.82) is 0 Å². The van der Waals surface area contributed by atoms with Crippen LogP contribution in [0, 0.1) is 11.8 Å². The average molecular weight is 368 g/mol. The normalized spacial score (nSPS) is 22.3. The summed E-state index contributed by atoms with van der Waals surface area (Å²) in [6, 6.07) is 7.73. The standard InChI is InChI=1S/C17H22BrNO3/c1-2-12(9-11-5-3-6-13(18)10-11)16(20)19-15-8-4-7-14(15)17(21)22/h3,5-6,10,12,14-15H,2,4,7-9H2,1H3,(H,19,20)(H,21,22)/t12?,14-,15+/m0/s1. The van der Waals surface area contributed by atoms with E-state index < -0.39 is 11.9 Å². The van der Waals surface area contributed by atoms with E-state index in [1.54, 1.807) is 0 Å². The fourth-order valence-electron chi connectivity index (χ4n) is 3.10. The fraction of sp³-hybridized carbons (Fsp3) is 0.529. The van der Waals surface area contributed by atoms with Crippen LogP contribution in [-0.2, 0) is 16.0 Å². The van der Waals surface area contributed by atoms with Crippen LogP contribution in [0.3, 0.4) is 0 Å². The summed E-state index contributed by atoms with van der Waals surface area (Å²) in [6.07, 6.45) is 3.69. The molecule has 1 amide bonds. The Morgan fingerprint density at radius 3 is 2.82 bits per heavy atom. The molecule has 5 heteroatoms. The van der Waals surface area contributed by atoms with Crippen LogP contribution in [0.2, 0.25) is 0 Å². The molecule has 1 fully saturated rings. The quantitative estimate of drug-likeness (QED) is 0.809. The first-order valence-electron chi connectivity index (χ1n) is 7.79. The monoisotopic (exact) mass is 367 g/mol. The molecule has 22 heavy (non-hydrogen) atoms. The third-order valence-electron chi connectivity index (χ3n) is 4.40. The summed E-state index contributed by atoms with van der Waals surface area (Å²) in [4.78, 5) is 23.7. The van der Waals surface area contributed by atoms with Gasteiger partial charge in [-0.05, 0) is 43.4 Å². The van der Waals surface area contributed by atoms with E-state index >= 15 is 0 Å². The predicted molar refractivity (Wildman–Crippen MR) is 88.5 cm³/mol. The van der Waals surface area contributed by atoms with Crippen LogP contribution < -0.4 is 5.32 Å². The molecule has 0 saturated heterocycles. The van der Waals surface area contributed by atoms with Crippen molar-refractivity contribution >= 4 is 27.8 Å². The second-order valence-corrected chi connectivity index (χ2v) is 6.85. The molecule has 120 valence electrons. The highest BCUT2D eigenvalue weighted by atomic mass is 79.9. The Kier molecular flexibility index (Phi) is 6.00. The van der Waals surface area contributed by atoms with Crippen LogP contribution in [0.5, 0.6) is 0 Å². The van der Waals surface area contributed by atoms with E-state index in [0.29, 0.717) is 12.8 Å². The molecule has 2 rings (SSSR count). The van der Waals surface area contributed by atoms with Gasteiger partial charge in [0.25, 0.3) is 0 Å². The topological polar surface area (TPSA) is 66.4 Å². The van der Waals surface area contributed by atoms with Gasteiger partial charge in [-0.3, -0.25) is 9.59 Å². The molecular weight excluding hydrogens is 346 g/mol. The van der Waals surface area contributed by atoms with E-state index in [1.807, 2.05) is 31.2 Å². The van der Waals surface area contributed by atoms with Gasteiger partial charge in [-0.1, -0.05) is 41.4 Å². The number of carbonyl (C=O) groups is 2. The minimum atomic E-state index is -0.803. The number of halogens is 1. The molecule has 0 radical (unpaired) electrons. The summed E-state index contributed by atoms with van der Waals surface area (Å²) < 4.78 is 1.00. The van der Waals surface area contributed by atoms with Crippen LogP contribution in [-0.4, -0.2) is 23.0 Å². The average Bonchev–Trinajstić information content (AvgIpc) is 2.93. The molecule has 0 heterocycles. The second kappa shape index (κ2) is 7.77. The molecule has 1 aliphatic carbocycles. The van der Waals surface area contributed by atoms with Gasteiger partial charge >= 0.3 is 5.97 Å². The number of aliphatic carboxylic acids is 1. The van der Waals surface area contributed by atoms with Gasteiger partial charge < -0.3 is 10.4 Å². The van der Waals surface area contributed by atoms with Crippen molar-refractivity contribution in [2.75, 3.05) is 0 Å². The summed E-state index contributed by atoms with van der Waals surface area (Å²) in [5.41, 5.74) is 1.11. The van der Waals surface area contributed by atoms with Gasteiger partial charge in [0.1, 0.15) is 0 Å². The minimum Gasteiger partial charge on any atom is -0.481 e. The van der Waals surface area contributed by atoms with Crippen molar-refractivity contribution < 1.29 is 14.7 Å². The summed E-state index contributed by atoms with van der Waals surface area (Å²) >= 11 is 3.44. The van der Waals surface area contributed by atoms with Crippen molar-refractivity contribution in [3.63, 3.8) is 0 Å². The lowest BCUT2D eigenvalue weighted by Crippen LogP contribution is -2.43. The van der Waals surface area contributed by atoms with E-state index in [1.165, 1.54) is 0 Å². The first kappa shape index (κ1) is 17.0. The van der Waals surface area contributed by atoms with Crippen molar-refractivity contribution in [1.82, 2.24) is 5.32 Å². The molecule has 2 N–H and O–H groups in total. The smallest absolute Gasteiger partial charge is 0.308 e. The maximum absolute atomic E-state index is 12.5. The first-order valence-corrected chi connectivity index (χ1v) is 8.58. The summed E-state index contributed by atoms with van der Waals surface area (Å²) in [5.74, 6) is -1.39. The number of carboxylic acid groups (broad SMARTS) is 1. The Morgan fingerprint density at radius 1 is 1.41 bits per heavy atom. The number of hydrogen-bond donors (Lipinski definition) is 2. The Bertz CT molecular complexity index is 546. The fourth-order valence-corrected chi connectivity index (χ4v) is 3.55. The molecule has 0 aromatic heterocycles. The van der Waals surface area contributed by atoms with E-state index in [9.17, 15) is 14.7 Å². The molecule has 1 aromatic carbocycles. The Morgan fingerprint density at radius 2 is 2.18 bits per heavy atom. The second-order valence-electron chi connectivity index (χ2n) is 5.93. The SMILES string of the molecule is CCC(Cc1cccc(Br)c1)C(=O)N[C@@H]1CCC[C@@H]1C(=O)O. The Labute approximate surface area is 139 Å². The number of hydrogen-bond acceptors (Lipinski definition) is 2. The molecular formula is C17H22BrNO3. The molecule has 1 unspecified atom stereocenters. The molecule has 0 aliphatic heterocycles. The summed E-state index contributed by atoms with van der Waals surface area (Å²) in [5, 5.41) is 12.2. The van der Waals surface area contributed by atoms with E-state index in [4.69, 9.17) is 0 Å². The Balaban J connectivity index is 1.98. The van der Waals surface area contributed by atoms with E-state index in [0.717, 1.165) is 29.3 Å². The number of carbonyl (C=O) groups excluding carboxylic acids is 1. The van der Waals surface area contributed by atoms with Crippen LogP contribution in [0.15, 0.2) is 28.7 Å². The molecule has 4 nitrogen and oxygen atoms in total. The zero-order valence-corrected chi connectivity index (χ0v) is 14.3. The van der Waals surface area contributed by atoms with Crippen LogP contribution in [0.25, 0.3) is 0 Å². The van der Waals surface area contributed by atoms with Gasteiger partial charge in [-0.15, -0.1) is 0 Å². The highest BCUT2D eigenvalue weighted by molar-refractivity contribution is 9.10. The largest absolute Gasteiger partial charge is 0.481 e. The van der Waals surface area contributed by atoms with Crippen molar-refractivity contribution in [2.45, 2.75) is 45.1 Å². The lowest BCUT2D eigenvalue weighted by molar-refractivity contribution is -0.142. The van der Waals surface area contributed by atoms with Gasteiger partial charge in [0.05, 0.1) is 5.92 Å². The van der Waals surface area contributed by atoms with Crippen molar-refractivity contribution in [3.05, 3.63) is 34.3 Å². The van der Waals surface area contributed by atoms with E-state index in [2.05, 4.69) is 21.2 Å². The zero-order valence-electron chi connectivity index (χ0n) is 12.7. The summed E-state index contributed by atoms with van der Waals surface area (Å²) in [7, 11) is 0. The predicted octanol–water partition coefficient (Wildman–Crippen LogP) is 3.39. The zero-order chi connectivity index (χ0) is 16.1. The van der Waals surface area contributed by atoms with Gasteiger partial charge in [0, 0.05) is 16.4 Å². The minimum absolute atomic E-state index is 0.0272. The maximum atomic E-state index is 12.5. The number of nitrogens with one attached hydrogen (secondary N) is 1. The van der Waals surface area contributed by atoms with Crippen LogP contribution >= 0.6 is 15.9 Å². The lowest BCUT2D eigenvalue weighted by atomic mass is 9.95. The van der Waals surface area contributed by atoms with Crippen molar-refractivity contribution in [2.24, 2.45) is 11.8 Å². The number of rotatable bonds is 6. The molecule has 0 bridgehead atoms. The lowest BCUT2D eigenvalue weighted by Gasteiger charge is -2.21. The van der Waals surface area contributed by atoms with Crippen LogP contribution in [0.4, 0.5) is 0 Å². The van der Waals surface area contributed by atoms with Crippen molar-refractivity contribution in [3.8, 4) is 0 Å².